The summed E-state index contributed by atoms with van der Waals surface area (Å²) in [7, 11) is 0. The molecule has 1 saturated heterocycles. The molecule has 0 aromatic carbocycles. The number of aromatic nitrogens is 3. The number of rotatable bonds is 5. The van der Waals surface area contributed by atoms with Gasteiger partial charge in [0.05, 0.1) is 12.2 Å². The van der Waals surface area contributed by atoms with Gasteiger partial charge in [0.15, 0.2) is 5.65 Å². The highest BCUT2D eigenvalue weighted by Crippen LogP contribution is 2.19. The van der Waals surface area contributed by atoms with Crippen molar-refractivity contribution in [3.63, 3.8) is 0 Å². The van der Waals surface area contributed by atoms with E-state index in [1.165, 1.54) is 0 Å². The summed E-state index contributed by atoms with van der Waals surface area (Å²) in [5.41, 5.74) is 2.06. The Morgan fingerprint density at radius 2 is 2.22 bits per heavy atom. The van der Waals surface area contributed by atoms with Crippen LogP contribution in [0.2, 0.25) is 0 Å². The van der Waals surface area contributed by atoms with Crippen LogP contribution < -0.4 is 5.32 Å². The molecule has 3 heterocycles. The summed E-state index contributed by atoms with van der Waals surface area (Å²) in [6.07, 6.45) is 5.69. The SMILES string of the molecule is CCCC1C(=O)NCCN1Cc1cnc2c(cnn2C(C)C)c1. The molecule has 0 spiro atoms. The summed E-state index contributed by atoms with van der Waals surface area (Å²) in [5.74, 6) is 0.153. The van der Waals surface area contributed by atoms with Crippen molar-refractivity contribution in [2.45, 2.75) is 52.2 Å². The summed E-state index contributed by atoms with van der Waals surface area (Å²) in [4.78, 5) is 18.9. The number of pyridine rings is 1. The highest BCUT2D eigenvalue weighted by atomic mass is 16.2. The number of nitrogens with one attached hydrogen (secondary N) is 1. The summed E-state index contributed by atoms with van der Waals surface area (Å²) in [6, 6.07) is 2.41. The minimum absolute atomic E-state index is 0.0252. The van der Waals surface area contributed by atoms with Crippen LogP contribution in [0, 0.1) is 0 Å². The van der Waals surface area contributed by atoms with Crippen LogP contribution in [0.4, 0.5) is 0 Å². The van der Waals surface area contributed by atoms with E-state index in [1.807, 2.05) is 17.1 Å². The molecule has 1 atom stereocenters. The van der Waals surface area contributed by atoms with E-state index >= 15 is 0 Å². The van der Waals surface area contributed by atoms with Crippen molar-refractivity contribution in [3.8, 4) is 0 Å². The second-order valence-corrected chi connectivity index (χ2v) is 6.51. The Morgan fingerprint density at radius 1 is 1.39 bits per heavy atom. The van der Waals surface area contributed by atoms with Crippen LogP contribution in [0.1, 0.15) is 45.2 Å². The summed E-state index contributed by atoms with van der Waals surface area (Å²) < 4.78 is 1.94. The average molecular weight is 315 g/mol. The smallest absolute Gasteiger partial charge is 0.237 e. The monoisotopic (exact) mass is 315 g/mol. The first-order valence-corrected chi connectivity index (χ1v) is 8.44. The van der Waals surface area contributed by atoms with E-state index in [2.05, 4.69) is 47.1 Å². The van der Waals surface area contributed by atoms with Gasteiger partial charge >= 0.3 is 0 Å². The first kappa shape index (κ1) is 15.9. The van der Waals surface area contributed by atoms with Crippen LogP contribution in [0.5, 0.6) is 0 Å². The van der Waals surface area contributed by atoms with Crippen LogP contribution in [0.15, 0.2) is 18.5 Å². The van der Waals surface area contributed by atoms with Gasteiger partial charge in [0.2, 0.25) is 5.91 Å². The second kappa shape index (κ2) is 6.66. The molecule has 1 amide bonds. The van der Waals surface area contributed by atoms with Crippen molar-refractivity contribution in [3.05, 3.63) is 24.0 Å². The third-order valence-electron chi connectivity index (χ3n) is 4.37. The van der Waals surface area contributed by atoms with Crippen LogP contribution in [-0.4, -0.2) is 44.7 Å². The van der Waals surface area contributed by atoms with Gasteiger partial charge in [0.25, 0.3) is 0 Å². The maximum Gasteiger partial charge on any atom is 0.237 e. The van der Waals surface area contributed by atoms with Gasteiger partial charge in [-0.05, 0) is 31.9 Å². The van der Waals surface area contributed by atoms with Gasteiger partial charge in [-0.1, -0.05) is 13.3 Å². The molecule has 1 fully saturated rings. The molecule has 1 unspecified atom stereocenters. The number of hydrogen-bond acceptors (Lipinski definition) is 4. The molecule has 1 aliphatic heterocycles. The molecule has 2 aromatic heterocycles. The number of carbonyl (C=O) groups excluding carboxylic acids is 1. The molecule has 6 nitrogen and oxygen atoms in total. The normalized spacial score (nSPS) is 19.5. The van der Waals surface area contributed by atoms with Crippen molar-refractivity contribution in [1.29, 1.82) is 0 Å². The zero-order valence-corrected chi connectivity index (χ0v) is 14.1. The molecule has 6 heteroatoms. The van der Waals surface area contributed by atoms with E-state index < -0.39 is 0 Å². The molecule has 2 aromatic rings. The second-order valence-electron chi connectivity index (χ2n) is 6.51. The minimum atomic E-state index is -0.0252. The average Bonchev–Trinajstić information content (AvgIpc) is 2.94. The number of fused-ring (bicyclic) bond motifs is 1. The van der Waals surface area contributed by atoms with Gasteiger partial charge in [-0.15, -0.1) is 0 Å². The molecule has 0 saturated carbocycles. The topological polar surface area (TPSA) is 63.1 Å². The van der Waals surface area contributed by atoms with Crippen molar-refractivity contribution in [1.82, 2.24) is 25.0 Å². The molecule has 0 radical (unpaired) electrons. The Hall–Kier alpha value is -1.95. The predicted molar refractivity (Wildman–Crippen MR) is 90.0 cm³/mol. The van der Waals surface area contributed by atoms with Crippen molar-refractivity contribution in [2.75, 3.05) is 13.1 Å². The number of hydrogen-bond donors (Lipinski definition) is 1. The fourth-order valence-electron chi connectivity index (χ4n) is 3.22. The van der Waals surface area contributed by atoms with Crippen LogP contribution in [0.25, 0.3) is 11.0 Å². The number of piperazine rings is 1. The Bertz CT molecular complexity index is 693. The molecule has 124 valence electrons. The molecular formula is C17H25N5O. The van der Waals surface area contributed by atoms with E-state index in [9.17, 15) is 4.79 Å². The zero-order chi connectivity index (χ0) is 16.4. The highest BCUT2D eigenvalue weighted by molar-refractivity contribution is 5.82. The predicted octanol–water partition coefficient (Wildman–Crippen LogP) is 2.11. The van der Waals surface area contributed by atoms with Crippen LogP contribution in [-0.2, 0) is 11.3 Å². The minimum Gasteiger partial charge on any atom is -0.353 e. The number of carbonyl (C=O) groups is 1. The van der Waals surface area contributed by atoms with Crippen molar-refractivity contribution < 1.29 is 4.79 Å². The van der Waals surface area contributed by atoms with E-state index in [0.29, 0.717) is 6.04 Å². The van der Waals surface area contributed by atoms with Crippen LogP contribution in [0.3, 0.4) is 0 Å². The van der Waals surface area contributed by atoms with Gasteiger partial charge in [-0.3, -0.25) is 9.69 Å². The number of amides is 1. The third-order valence-corrected chi connectivity index (χ3v) is 4.37. The van der Waals surface area contributed by atoms with Crippen LogP contribution >= 0.6 is 0 Å². The van der Waals surface area contributed by atoms with Gasteiger partial charge < -0.3 is 5.32 Å². The standard InChI is InChI=1S/C17H25N5O/c1-4-5-15-17(23)18-6-7-21(15)11-13-8-14-10-20-22(12(2)3)16(14)19-9-13/h8-10,12,15H,4-7,11H2,1-3H3,(H,18,23). The highest BCUT2D eigenvalue weighted by Gasteiger charge is 2.28. The fraction of sp³-hybridized carbons (Fsp3) is 0.588. The Kier molecular flexibility index (Phi) is 4.61. The maximum absolute atomic E-state index is 12.1. The van der Waals surface area contributed by atoms with Gasteiger partial charge in [-0.25, -0.2) is 9.67 Å². The van der Waals surface area contributed by atoms with Crippen molar-refractivity contribution in [2.24, 2.45) is 0 Å². The lowest BCUT2D eigenvalue weighted by Crippen LogP contribution is -2.54. The number of nitrogens with zero attached hydrogens (tertiary/aromatic N) is 4. The molecule has 0 bridgehead atoms. The Morgan fingerprint density at radius 3 is 2.96 bits per heavy atom. The van der Waals surface area contributed by atoms with Crippen molar-refractivity contribution >= 4 is 16.9 Å². The van der Waals surface area contributed by atoms with E-state index in [1.54, 1.807) is 0 Å². The molecular weight excluding hydrogens is 290 g/mol. The Balaban J connectivity index is 1.81. The zero-order valence-electron chi connectivity index (χ0n) is 14.1. The summed E-state index contributed by atoms with van der Waals surface area (Å²) in [6.45, 7) is 8.69. The van der Waals surface area contributed by atoms with E-state index in [-0.39, 0.29) is 11.9 Å². The van der Waals surface area contributed by atoms with Gasteiger partial charge in [0.1, 0.15) is 0 Å². The van der Waals surface area contributed by atoms with Gasteiger partial charge in [-0.2, -0.15) is 5.10 Å². The molecule has 1 N–H and O–H groups in total. The quantitative estimate of drug-likeness (QED) is 0.918. The first-order valence-electron chi connectivity index (χ1n) is 8.44. The largest absolute Gasteiger partial charge is 0.353 e. The summed E-state index contributed by atoms with van der Waals surface area (Å²) >= 11 is 0. The summed E-state index contributed by atoms with van der Waals surface area (Å²) in [5, 5.41) is 8.44. The maximum atomic E-state index is 12.1. The lowest BCUT2D eigenvalue weighted by atomic mass is 10.1. The first-order chi connectivity index (χ1) is 11.1. The Labute approximate surface area is 136 Å². The molecule has 3 rings (SSSR count). The van der Waals surface area contributed by atoms with E-state index in [0.717, 1.165) is 49.1 Å². The third kappa shape index (κ3) is 3.22. The lowest BCUT2D eigenvalue weighted by Gasteiger charge is -2.34. The van der Waals surface area contributed by atoms with Gasteiger partial charge in [0, 0.05) is 37.3 Å². The lowest BCUT2D eigenvalue weighted by molar-refractivity contribution is -0.129. The molecule has 1 aliphatic rings. The molecule has 0 aliphatic carbocycles. The van der Waals surface area contributed by atoms with E-state index in [4.69, 9.17) is 0 Å². The molecule has 23 heavy (non-hydrogen) atoms. The fourth-order valence-corrected chi connectivity index (χ4v) is 3.22.